The van der Waals surface area contributed by atoms with Crippen molar-refractivity contribution in [2.75, 3.05) is 0 Å². The lowest BCUT2D eigenvalue weighted by atomic mass is 10.2. The van der Waals surface area contributed by atoms with E-state index in [4.69, 9.17) is 4.43 Å². The normalized spacial score (nSPS) is 13.8. The molecule has 0 fully saturated rings. The number of aliphatic hydroxyl groups excluding tert-OH is 1. The number of nitro groups is 1. The van der Waals surface area contributed by atoms with Crippen molar-refractivity contribution < 1.29 is 14.5 Å². The zero-order chi connectivity index (χ0) is 19.9. The molecule has 26 heavy (non-hydrogen) atoms. The van der Waals surface area contributed by atoms with Gasteiger partial charge >= 0.3 is 0 Å². The summed E-state index contributed by atoms with van der Waals surface area (Å²) < 4.78 is 8.49. The van der Waals surface area contributed by atoms with Crippen molar-refractivity contribution in [1.29, 1.82) is 0 Å². The van der Waals surface area contributed by atoms with Gasteiger partial charge in [-0.25, -0.2) is 0 Å². The van der Waals surface area contributed by atoms with Gasteiger partial charge in [-0.05, 0) is 37.5 Å². The second kappa shape index (κ2) is 7.04. The van der Waals surface area contributed by atoms with Gasteiger partial charge in [0, 0.05) is 23.1 Å². The van der Waals surface area contributed by atoms with Gasteiger partial charge in [-0.3, -0.25) is 10.1 Å². The molecule has 0 radical (unpaired) electrons. The molecule has 0 amide bonds. The van der Waals surface area contributed by atoms with Crippen molar-refractivity contribution in [3.63, 3.8) is 0 Å². The van der Waals surface area contributed by atoms with Crippen LogP contribution in [0.2, 0.25) is 18.1 Å². The topological polar surface area (TPSA) is 77.5 Å². The molecule has 144 valence electrons. The number of aliphatic hydroxyl groups is 1. The number of non-ortho nitro benzene ring substituents is 1. The quantitative estimate of drug-likeness (QED) is 0.435. The minimum Gasteiger partial charge on any atom is -0.532 e. The molecule has 1 unspecified atom stereocenters. The summed E-state index contributed by atoms with van der Waals surface area (Å²) in [5.74, 6) is 0.722. The average Bonchev–Trinajstić information content (AvgIpc) is 2.78. The number of hydrogen-bond donors (Lipinski definition) is 1. The molecule has 1 N–H and O–H groups in total. The molecule has 0 bridgehead atoms. The van der Waals surface area contributed by atoms with Crippen molar-refractivity contribution in [1.82, 2.24) is 4.57 Å². The Labute approximate surface area is 156 Å². The molecule has 7 heteroatoms. The number of benzene rings is 1. The molecule has 0 spiro atoms. The van der Waals surface area contributed by atoms with Crippen LogP contribution in [0, 0.1) is 17.0 Å². The van der Waals surface area contributed by atoms with Gasteiger partial charge < -0.3 is 14.1 Å². The number of fused-ring (bicyclic) bond motifs is 1. The van der Waals surface area contributed by atoms with Gasteiger partial charge in [0.25, 0.3) is 14.0 Å². The molecule has 2 rings (SSSR count). The summed E-state index contributed by atoms with van der Waals surface area (Å²) in [6, 6.07) is 4.87. The standard InChI is InChI=1S/C19H30N2O4Si/c1-8-15(22)12-20-17-11-14(21(23)24)9-10-16(17)13(2)18(20)25-26(6,7)19(3,4)5/h9-11,15,22H,8,12H2,1-7H3. The zero-order valence-electron chi connectivity index (χ0n) is 16.8. The summed E-state index contributed by atoms with van der Waals surface area (Å²) in [7, 11) is -2.10. The molecule has 6 nitrogen and oxygen atoms in total. The monoisotopic (exact) mass is 378 g/mol. The van der Waals surface area contributed by atoms with E-state index >= 15 is 0 Å². The molecule has 0 aliphatic carbocycles. The predicted octanol–water partition coefficient (Wildman–Crippen LogP) is 5.01. The molecular formula is C19H30N2O4Si. The number of rotatable bonds is 6. The average molecular weight is 379 g/mol. The van der Waals surface area contributed by atoms with Gasteiger partial charge in [0.1, 0.15) is 0 Å². The van der Waals surface area contributed by atoms with Gasteiger partial charge in [0.05, 0.1) is 23.1 Å². The molecule has 0 aliphatic heterocycles. The summed E-state index contributed by atoms with van der Waals surface area (Å²) in [5.41, 5.74) is 1.74. The van der Waals surface area contributed by atoms with E-state index in [1.165, 1.54) is 6.07 Å². The minimum absolute atomic E-state index is 0.0239. The third-order valence-electron chi connectivity index (χ3n) is 5.48. The number of aryl methyl sites for hydroxylation is 1. The molecular weight excluding hydrogens is 348 g/mol. The summed E-state index contributed by atoms with van der Waals surface area (Å²) in [6.07, 6.45) is 0.0683. The van der Waals surface area contributed by atoms with E-state index in [2.05, 4.69) is 33.9 Å². The molecule has 1 aromatic heterocycles. The molecule has 1 heterocycles. The number of hydrogen-bond acceptors (Lipinski definition) is 4. The van der Waals surface area contributed by atoms with Crippen LogP contribution < -0.4 is 4.43 Å². The summed E-state index contributed by atoms with van der Waals surface area (Å²) >= 11 is 0. The second-order valence-electron chi connectivity index (χ2n) is 8.42. The smallest absolute Gasteiger partial charge is 0.271 e. The Morgan fingerprint density at radius 3 is 2.46 bits per heavy atom. The van der Waals surface area contributed by atoms with E-state index in [-0.39, 0.29) is 10.7 Å². The van der Waals surface area contributed by atoms with Crippen LogP contribution in [0.4, 0.5) is 5.69 Å². The Morgan fingerprint density at radius 1 is 1.35 bits per heavy atom. The largest absolute Gasteiger partial charge is 0.532 e. The molecule has 0 aliphatic rings. The van der Waals surface area contributed by atoms with E-state index < -0.39 is 19.3 Å². The Balaban J connectivity index is 2.69. The first-order chi connectivity index (χ1) is 11.9. The first-order valence-corrected chi connectivity index (χ1v) is 11.9. The molecule has 1 aromatic carbocycles. The van der Waals surface area contributed by atoms with Gasteiger partial charge in [0.2, 0.25) is 0 Å². The SMILES string of the molecule is CCC(O)Cn1c(O[Si](C)(C)C(C)(C)C)c(C)c2ccc([N+](=O)[O-])cc21. The summed E-state index contributed by atoms with van der Waals surface area (Å²) in [6.45, 7) is 15.1. The zero-order valence-corrected chi connectivity index (χ0v) is 17.8. The Morgan fingerprint density at radius 2 is 1.96 bits per heavy atom. The first-order valence-electron chi connectivity index (χ1n) is 9.03. The van der Waals surface area contributed by atoms with Crippen molar-refractivity contribution in [3.8, 4) is 5.88 Å². The predicted molar refractivity (Wildman–Crippen MR) is 107 cm³/mol. The van der Waals surface area contributed by atoms with E-state index in [0.29, 0.717) is 13.0 Å². The van der Waals surface area contributed by atoms with Crippen LogP contribution in [0.5, 0.6) is 5.88 Å². The number of nitro benzene ring substituents is 1. The van der Waals surface area contributed by atoms with E-state index in [1.807, 2.05) is 18.4 Å². The Hall–Kier alpha value is -1.86. The Kier molecular flexibility index (Phi) is 5.54. The van der Waals surface area contributed by atoms with Crippen LogP contribution >= 0.6 is 0 Å². The van der Waals surface area contributed by atoms with Crippen molar-refractivity contribution in [2.24, 2.45) is 0 Å². The highest BCUT2D eigenvalue weighted by molar-refractivity contribution is 6.74. The third kappa shape index (κ3) is 3.78. The fourth-order valence-electron chi connectivity index (χ4n) is 2.65. The van der Waals surface area contributed by atoms with Gasteiger partial charge in [-0.2, -0.15) is 0 Å². The maximum Gasteiger partial charge on any atom is 0.271 e. The van der Waals surface area contributed by atoms with Gasteiger partial charge in [0.15, 0.2) is 5.88 Å². The highest BCUT2D eigenvalue weighted by Crippen LogP contribution is 2.41. The van der Waals surface area contributed by atoms with E-state index in [1.54, 1.807) is 12.1 Å². The lowest BCUT2D eigenvalue weighted by Crippen LogP contribution is -2.44. The van der Waals surface area contributed by atoms with Gasteiger partial charge in [-0.1, -0.05) is 27.7 Å². The first kappa shape index (κ1) is 20.4. The fourth-order valence-corrected chi connectivity index (χ4v) is 3.70. The fraction of sp³-hybridized carbons (Fsp3) is 0.579. The summed E-state index contributed by atoms with van der Waals surface area (Å²) in [5, 5.41) is 22.4. The van der Waals surface area contributed by atoms with E-state index in [0.717, 1.165) is 22.3 Å². The van der Waals surface area contributed by atoms with Crippen LogP contribution in [-0.4, -0.2) is 29.0 Å². The third-order valence-corrected chi connectivity index (χ3v) is 9.79. The molecule has 0 saturated carbocycles. The van der Waals surface area contributed by atoms with Crippen LogP contribution in [0.25, 0.3) is 10.9 Å². The maximum absolute atomic E-state index is 11.2. The Bertz CT molecular complexity index is 821. The molecule has 1 atom stereocenters. The van der Waals surface area contributed by atoms with E-state index in [9.17, 15) is 15.2 Å². The highest BCUT2D eigenvalue weighted by Gasteiger charge is 2.40. The summed E-state index contributed by atoms with van der Waals surface area (Å²) in [4.78, 5) is 10.8. The van der Waals surface area contributed by atoms with Gasteiger partial charge in [-0.15, -0.1) is 0 Å². The van der Waals surface area contributed by atoms with Crippen LogP contribution in [0.3, 0.4) is 0 Å². The second-order valence-corrected chi connectivity index (χ2v) is 13.1. The number of nitrogens with zero attached hydrogens (tertiary/aromatic N) is 2. The maximum atomic E-state index is 11.2. The highest BCUT2D eigenvalue weighted by atomic mass is 28.4. The van der Waals surface area contributed by atoms with Crippen molar-refractivity contribution in [2.45, 2.75) is 71.8 Å². The molecule has 2 aromatic rings. The molecule has 0 saturated heterocycles. The number of aromatic nitrogens is 1. The van der Waals surface area contributed by atoms with Crippen molar-refractivity contribution >= 4 is 24.9 Å². The van der Waals surface area contributed by atoms with Crippen molar-refractivity contribution in [3.05, 3.63) is 33.9 Å². The van der Waals surface area contributed by atoms with Crippen LogP contribution in [-0.2, 0) is 6.54 Å². The van der Waals surface area contributed by atoms with Crippen LogP contribution in [0.1, 0.15) is 39.7 Å². The minimum atomic E-state index is -2.10. The lowest BCUT2D eigenvalue weighted by Gasteiger charge is -2.37. The van der Waals surface area contributed by atoms with Crippen LogP contribution in [0.15, 0.2) is 18.2 Å². The lowest BCUT2D eigenvalue weighted by molar-refractivity contribution is -0.384.